The zero-order valence-corrected chi connectivity index (χ0v) is 10.2. The number of nitrogens with zero attached hydrogens (tertiary/aromatic N) is 2. The van der Waals surface area contributed by atoms with E-state index in [1.807, 2.05) is 6.20 Å². The van der Waals surface area contributed by atoms with E-state index in [4.69, 9.17) is 5.73 Å². The number of anilines is 1. The van der Waals surface area contributed by atoms with Crippen molar-refractivity contribution in [3.8, 4) is 0 Å². The van der Waals surface area contributed by atoms with Gasteiger partial charge in [-0.1, -0.05) is 13.8 Å². The summed E-state index contributed by atoms with van der Waals surface area (Å²) >= 11 is 0. The molecule has 0 spiro atoms. The maximum atomic E-state index is 5.90. The first-order chi connectivity index (χ1) is 7.66. The van der Waals surface area contributed by atoms with Gasteiger partial charge in [0.2, 0.25) is 0 Å². The molecule has 1 aliphatic rings. The Hall–Kier alpha value is -1.09. The summed E-state index contributed by atoms with van der Waals surface area (Å²) in [7, 11) is 0. The van der Waals surface area contributed by atoms with E-state index in [1.165, 1.54) is 5.69 Å². The van der Waals surface area contributed by atoms with E-state index in [-0.39, 0.29) is 0 Å². The second kappa shape index (κ2) is 4.83. The minimum absolute atomic E-state index is 0.388. The fraction of sp³-hybridized carbons (Fsp3) is 0.615. The predicted octanol–water partition coefficient (Wildman–Crippen LogP) is 2.13. The SMILES string of the molecule is CC(C)c1ccc(N2CCC(N)CC2)cn1. The molecule has 0 unspecified atom stereocenters. The summed E-state index contributed by atoms with van der Waals surface area (Å²) in [4.78, 5) is 6.87. The lowest BCUT2D eigenvalue weighted by molar-refractivity contribution is 0.501. The van der Waals surface area contributed by atoms with Gasteiger partial charge < -0.3 is 10.6 Å². The van der Waals surface area contributed by atoms with Crippen LogP contribution in [-0.2, 0) is 0 Å². The van der Waals surface area contributed by atoms with E-state index in [9.17, 15) is 0 Å². The Morgan fingerprint density at radius 2 is 2.00 bits per heavy atom. The smallest absolute Gasteiger partial charge is 0.0552 e. The van der Waals surface area contributed by atoms with Gasteiger partial charge >= 0.3 is 0 Å². The molecule has 2 rings (SSSR count). The molecule has 1 aliphatic heterocycles. The van der Waals surface area contributed by atoms with Gasteiger partial charge in [-0.3, -0.25) is 4.98 Å². The van der Waals surface area contributed by atoms with Crippen LogP contribution in [0.15, 0.2) is 18.3 Å². The zero-order chi connectivity index (χ0) is 11.5. The van der Waals surface area contributed by atoms with E-state index in [1.54, 1.807) is 0 Å². The number of piperidine rings is 1. The van der Waals surface area contributed by atoms with Crippen LogP contribution in [0.25, 0.3) is 0 Å². The molecule has 0 saturated carbocycles. The molecule has 1 aromatic heterocycles. The summed E-state index contributed by atoms with van der Waals surface area (Å²) in [6, 6.07) is 4.70. The molecule has 0 atom stereocenters. The van der Waals surface area contributed by atoms with E-state index >= 15 is 0 Å². The lowest BCUT2D eigenvalue weighted by Crippen LogP contribution is -2.39. The Kier molecular flexibility index (Phi) is 3.44. The van der Waals surface area contributed by atoms with Crippen LogP contribution in [0.4, 0.5) is 5.69 Å². The number of hydrogen-bond acceptors (Lipinski definition) is 3. The van der Waals surface area contributed by atoms with Crippen molar-refractivity contribution in [2.24, 2.45) is 5.73 Å². The van der Waals surface area contributed by atoms with Crippen LogP contribution in [0.1, 0.15) is 38.3 Å². The fourth-order valence-corrected chi connectivity index (χ4v) is 2.08. The van der Waals surface area contributed by atoms with Gasteiger partial charge in [-0.25, -0.2) is 0 Å². The summed E-state index contributed by atoms with van der Waals surface area (Å²) in [6.07, 6.45) is 4.17. The summed E-state index contributed by atoms with van der Waals surface area (Å²) < 4.78 is 0. The van der Waals surface area contributed by atoms with Gasteiger partial charge in [-0.05, 0) is 30.9 Å². The van der Waals surface area contributed by atoms with Gasteiger partial charge in [0.05, 0.1) is 11.9 Å². The van der Waals surface area contributed by atoms with Gasteiger partial charge in [0.15, 0.2) is 0 Å². The van der Waals surface area contributed by atoms with Gasteiger partial charge in [-0.15, -0.1) is 0 Å². The molecule has 2 heterocycles. The predicted molar refractivity (Wildman–Crippen MR) is 67.7 cm³/mol. The Labute approximate surface area is 97.7 Å². The largest absolute Gasteiger partial charge is 0.370 e. The van der Waals surface area contributed by atoms with Crippen molar-refractivity contribution in [1.82, 2.24) is 4.98 Å². The highest BCUT2D eigenvalue weighted by Crippen LogP contribution is 2.20. The average Bonchev–Trinajstić information content (AvgIpc) is 2.30. The van der Waals surface area contributed by atoms with E-state index in [2.05, 4.69) is 35.9 Å². The molecule has 1 saturated heterocycles. The fourth-order valence-electron chi connectivity index (χ4n) is 2.08. The molecule has 0 bridgehead atoms. The normalized spacial score (nSPS) is 18.1. The number of hydrogen-bond donors (Lipinski definition) is 1. The summed E-state index contributed by atoms with van der Waals surface area (Å²) in [5, 5.41) is 0. The lowest BCUT2D eigenvalue weighted by Gasteiger charge is -2.31. The first-order valence-corrected chi connectivity index (χ1v) is 6.13. The van der Waals surface area contributed by atoms with Crippen LogP contribution in [0.3, 0.4) is 0 Å². The van der Waals surface area contributed by atoms with Crippen molar-refractivity contribution in [3.63, 3.8) is 0 Å². The molecule has 3 nitrogen and oxygen atoms in total. The molecule has 16 heavy (non-hydrogen) atoms. The van der Waals surface area contributed by atoms with E-state index in [0.29, 0.717) is 12.0 Å². The highest BCUT2D eigenvalue weighted by atomic mass is 15.1. The van der Waals surface area contributed by atoms with Gasteiger partial charge in [0, 0.05) is 24.8 Å². The third kappa shape index (κ3) is 2.53. The molecule has 1 aromatic rings. The molecular formula is C13H21N3. The van der Waals surface area contributed by atoms with Gasteiger partial charge in [0.1, 0.15) is 0 Å². The molecule has 88 valence electrons. The number of rotatable bonds is 2. The van der Waals surface area contributed by atoms with Crippen LogP contribution in [0.5, 0.6) is 0 Å². The second-order valence-corrected chi connectivity index (χ2v) is 4.92. The minimum Gasteiger partial charge on any atom is -0.370 e. The topological polar surface area (TPSA) is 42.1 Å². The average molecular weight is 219 g/mol. The third-order valence-corrected chi connectivity index (χ3v) is 3.27. The van der Waals surface area contributed by atoms with Crippen LogP contribution in [0.2, 0.25) is 0 Å². The molecule has 2 N–H and O–H groups in total. The summed E-state index contributed by atoms with van der Waals surface area (Å²) in [6.45, 7) is 6.46. The van der Waals surface area contributed by atoms with Crippen molar-refractivity contribution in [1.29, 1.82) is 0 Å². The maximum Gasteiger partial charge on any atom is 0.0552 e. The van der Waals surface area contributed by atoms with Crippen LogP contribution >= 0.6 is 0 Å². The Bertz CT molecular complexity index is 324. The Morgan fingerprint density at radius 3 is 2.50 bits per heavy atom. The van der Waals surface area contributed by atoms with Crippen LogP contribution in [-0.4, -0.2) is 24.1 Å². The lowest BCUT2D eigenvalue weighted by atomic mass is 10.1. The molecule has 0 amide bonds. The number of nitrogens with two attached hydrogens (primary N) is 1. The maximum absolute atomic E-state index is 5.90. The number of aromatic nitrogens is 1. The highest BCUT2D eigenvalue weighted by molar-refractivity contribution is 5.45. The van der Waals surface area contributed by atoms with Crippen LogP contribution < -0.4 is 10.6 Å². The van der Waals surface area contributed by atoms with Crippen molar-refractivity contribution in [3.05, 3.63) is 24.0 Å². The van der Waals surface area contributed by atoms with Crippen molar-refractivity contribution < 1.29 is 0 Å². The quantitative estimate of drug-likeness (QED) is 0.828. The number of pyridine rings is 1. The Balaban J connectivity index is 2.04. The van der Waals surface area contributed by atoms with E-state index < -0.39 is 0 Å². The monoisotopic (exact) mass is 219 g/mol. The van der Waals surface area contributed by atoms with Crippen molar-refractivity contribution in [2.45, 2.75) is 38.6 Å². The molecular weight excluding hydrogens is 198 g/mol. The van der Waals surface area contributed by atoms with Crippen LogP contribution in [0, 0.1) is 0 Å². The Morgan fingerprint density at radius 1 is 1.31 bits per heavy atom. The first-order valence-electron chi connectivity index (χ1n) is 6.13. The van der Waals surface area contributed by atoms with Gasteiger partial charge in [-0.2, -0.15) is 0 Å². The summed E-state index contributed by atoms with van der Waals surface area (Å²) in [5.74, 6) is 0.504. The zero-order valence-electron chi connectivity index (χ0n) is 10.2. The van der Waals surface area contributed by atoms with E-state index in [0.717, 1.165) is 31.6 Å². The second-order valence-electron chi connectivity index (χ2n) is 4.92. The summed E-state index contributed by atoms with van der Waals surface area (Å²) in [5.41, 5.74) is 8.29. The van der Waals surface area contributed by atoms with Gasteiger partial charge in [0.25, 0.3) is 0 Å². The first kappa shape index (κ1) is 11.4. The molecule has 0 radical (unpaired) electrons. The highest BCUT2D eigenvalue weighted by Gasteiger charge is 2.16. The molecule has 1 fully saturated rings. The molecule has 3 heteroatoms. The van der Waals surface area contributed by atoms with Crippen molar-refractivity contribution >= 4 is 5.69 Å². The minimum atomic E-state index is 0.388. The standard InChI is InChI=1S/C13H21N3/c1-10(2)13-4-3-12(9-15-13)16-7-5-11(14)6-8-16/h3-4,9-11H,5-8,14H2,1-2H3. The third-order valence-electron chi connectivity index (χ3n) is 3.27. The molecule has 0 aromatic carbocycles. The molecule has 0 aliphatic carbocycles. The van der Waals surface area contributed by atoms with Crippen molar-refractivity contribution in [2.75, 3.05) is 18.0 Å².